The van der Waals surface area contributed by atoms with Gasteiger partial charge in [-0.05, 0) is 38.1 Å². The first-order valence-electron chi connectivity index (χ1n) is 6.03. The molecule has 2 rings (SSSR count). The number of nitrogens with zero attached hydrogens (tertiary/aromatic N) is 2. The molecule has 1 heterocycles. The van der Waals surface area contributed by atoms with E-state index in [1.807, 2.05) is 26.0 Å². The van der Waals surface area contributed by atoms with Gasteiger partial charge in [0.1, 0.15) is 0 Å². The highest BCUT2D eigenvalue weighted by Crippen LogP contribution is 2.22. The number of aromatic carboxylic acids is 1. The molecule has 0 saturated heterocycles. The van der Waals surface area contributed by atoms with Gasteiger partial charge in [0.15, 0.2) is 0 Å². The molecule has 1 N–H and O–H groups in total. The van der Waals surface area contributed by atoms with Crippen LogP contribution in [0.4, 0.5) is 0 Å². The molecular weight excluding hydrogens is 260 g/mol. The molecule has 0 spiro atoms. The van der Waals surface area contributed by atoms with Crippen LogP contribution in [0.3, 0.4) is 0 Å². The zero-order valence-electron chi connectivity index (χ0n) is 11.2. The lowest BCUT2D eigenvalue weighted by Crippen LogP contribution is -2.09. The third-order valence-corrected chi connectivity index (χ3v) is 3.12. The van der Waals surface area contributed by atoms with Crippen molar-refractivity contribution in [2.45, 2.75) is 20.4 Å². The molecule has 1 aromatic carbocycles. The van der Waals surface area contributed by atoms with Crippen LogP contribution in [0.2, 0.25) is 0 Å². The molecule has 0 amide bonds. The van der Waals surface area contributed by atoms with Crippen molar-refractivity contribution >= 4 is 5.97 Å². The van der Waals surface area contributed by atoms with E-state index in [9.17, 15) is 20.0 Å². The second-order valence-corrected chi connectivity index (χ2v) is 4.60. The van der Waals surface area contributed by atoms with Crippen molar-refractivity contribution in [3.05, 3.63) is 63.0 Å². The van der Waals surface area contributed by atoms with Gasteiger partial charge in [0.2, 0.25) is 6.54 Å². The van der Waals surface area contributed by atoms with E-state index in [4.69, 9.17) is 0 Å². The van der Waals surface area contributed by atoms with E-state index in [2.05, 4.69) is 0 Å². The highest BCUT2D eigenvalue weighted by molar-refractivity contribution is 5.92. The summed E-state index contributed by atoms with van der Waals surface area (Å²) in [6, 6.07) is 8.20. The van der Waals surface area contributed by atoms with Gasteiger partial charge in [-0.2, -0.15) is 0 Å². The van der Waals surface area contributed by atoms with Crippen molar-refractivity contribution in [2.75, 3.05) is 0 Å². The maximum atomic E-state index is 11.3. The van der Waals surface area contributed by atoms with Crippen molar-refractivity contribution in [1.29, 1.82) is 0 Å². The number of aryl methyl sites for hydroxylation is 2. The summed E-state index contributed by atoms with van der Waals surface area (Å²) in [5.41, 5.74) is 2.81. The number of benzene rings is 1. The topological polar surface area (TPSA) is 85.4 Å². The number of hydrogen-bond acceptors (Lipinski definition) is 3. The Kier molecular flexibility index (Phi) is 3.56. The summed E-state index contributed by atoms with van der Waals surface area (Å²) in [6.45, 7) is 3.39. The number of aromatic nitrogens is 1. The molecule has 1 aromatic heterocycles. The maximum absolute atomic E-state index is 11.3. The van der Waals surface area contributed by atoms with Crippen LogP contribution in [0.15, 0.2) is 30.3 Å². The number of hydrogen-bond donors (Lipinski definition) is 1. The van der Waals surface area contributed by atoms with Crippen LogP contribution in [0.5, 0.6) is 0 Å². The van der Waals surface area contributed by atoms with Gasteiger partial charge in [0.05, 0.1) is 11.3 Å². The van der Waals surface area contributed by atoms with E-state index in [1.54, 1.807) is 10.6 Å². The smallest absolute Gasteiger partial charge is 0.337 e. The molecule has 20 heavy (non-hydrogen) atoms. The van der Waals surface area contributed by atoms with E-state index in [1.165, 1.54) is 12.1 Å². The van der Waals surface area contributed by atoms with Gasteiger partial charge in [-0.3, -0.25) is 10.1 Å². The summed E-state index contributed by atoms with van der Waals surface area (Å²) < 4.78 is 1.78. The molecular formula is C14H14N2O4. The molecule has 2 aromatic rings. The number of carboxylic acids is 1. The first-order valence-corrected chi connectivity index (χ1v) is 6.03. The predicted octanol–water partition coefficient (Wildman–Crippen LogP) is 2.57. The molecule has 0 unspecified atom stereocenters. The summed E-state index contributed by atoms with van der Waals surface area (Å²) in [5, 5.41) is 19.9. The van der Waals surface area contributed by atoms with Gasteiger partial charge in [-0.15, -0.1) is 0 Å². The molecule has 0 aliphatic heterocycles. The second-order valence-electron chi connectivity index (χ2n) is 4.60. The van der Waals surface area contributed by atoms with Crippen molar-refractivity contribution in [3.63, 3.8) is 0 Å². The molecule has 0 radical (unpaired) electrons. The lowest BCUT2D eigenvalue weighted by molar-refractivity contribution is -0.496. The number of nitro groups is 1. The van der Waals surface area contributed by atoms with Crippen molar-refractivity contribution in [3.8, 4) is 5.69 Å². The predicted molar refractivity (Wildman–Crippen MR) is 72.9 cm³/mol. The third-order valence-electron chi connectivity index (χ3n) is 3.12. The zero-order chi connectivity index (χ0) is 14.9. The number of rotatable bonds is 4. The van der Waals surface area contributed by atoms with Crippen molar-refractivity contribution in [1.82, 2.24) is 4.57 Å². The monoisotopic (exact) mass is 274 g/mol. The van der Waals surface area contributed by atoms with E-state index in [0.29, 0.717) is 11.3 Å². The van der Waals surface area contributed by atoms with Gasteiger partial charge in [0.25, 0.3) is 0 Å². The summed E-state index contributed by atoms with van der Waals surface area (Å²) in [6.07, 6.45) is 0. The SMILES string of the molecule is Cc1ccc(C)n1-c1cc(C[N+](=O)[O-])ccc1C(=O)O. The minimum absolute atomic E-state index is 0.125. The average molecular weight is 274 g/mol. The molecule has 0 bridgehead atoms. The van der Waals surface area contributed by atoms with Gasteiger partial charge < -0.3 is 9.67 Å². The molecule has 0 aliphatic rings. The van der Waals surface area contributed by atoms with Crippen LogP contribution in [-0.2, 0) is 6.54 Å². The number of carbonyl (C=O) groups is 1. The fraction of sp³-hybridized carbons (Fsp3) is 0.214. The summed E-state index contributed by atoms with van der Waals surface area (Å²) in [4.78, 5) is 21.5. The van der Waals surface area contributed by atoms with Gasteiger partial charge in [-0.25, -0.2) is 4.79 Å². The van der Waals surface area contributed by atoms with Crippen LogP contribution in [0.25, 0.3) is 5.69 Å². The fourth-order valence-corrected chi connectivity index (χ4v) is 2.24. The Morgan fingerprint density at radius 1 is 1.25 bits per heavy atom. The Bertz CT molecular complexity index is 669. The first-order chi connectivity index (χ1) is 9.40. The van der Waals surface area contributed by atoms with E-state index >= 15 is 0 Å². The largest absolute Gasteiger partial charge is 0.478 e. The molecule has 6 heteroatoms. The van der Waals surface area contributed by atoms with Crippen LogP contribution in [0, 0.1) is 24.0 Å². The molecule has 6 nitrogen and oxygen atoms in total. The Morgan fingerprint density at radius 2 is 1.85 bits per heavy atom. The Balaban J connectivity index is 2.64. The summed E-state index contributed by atoms with van der Waals surface area (Å²) >= 11 is 0. The van der Waals surface area contributed by atoms with Crippen molar-refractivity contribution < 1.29 is 14.8 Å². The first kappa shape index (κ1) is 13.8. The van der Waals surface area contributed by atoms with Crippen LogP contribution in [-0.4, -0.2) is 20.6 Å². The zero-order valence-corrected chi connectivity index (χ0v) is 11.2. The lowest BCUT2D eigenvalue weighted by atomic mass is 10.1. The Labute approximate surface area is 115 Å². The van der Waals surface area contributed by atoms with E-state index < -0.39 is 10.9 Å². The minimum atomic E-state index is -1.06. The minimum Gasteiger partial charge on any atom is -0.478 e. The molecule has 0 saturated carbocycles. The molecule has 0 atom stereocenters. The van der Waals surface area contributed by atoms with E-state index in [-0.39, 0.29) is 12.1 Å². The summed E-state index contributed by atoms with van der Waals surface area (Å²) in [7, 11) is 0. The second kappa shape index (κ2) is 5.16. The quantitative estimate of drug-likeness (QED) is 0.685. The van der Waals surface area contributed by atoms with Crippen LogP contribution >= 0.6 is 0 Å². The standard InChI is InChI=1S/C14H14N2O4/c1-9-3-4-10(2)16(9)13-7-11(8-15(19)20)5-6-12(13)14(17)18/h3-7H,8H2,1-2H3,(H,17,18). The van der Waals surface area contributed by atoms with Gasteiger partial charge >= 0.3 is 5.97 Å². The highest BCUT2D eigenvalue weighted by atomic mass is 16.6. The molecule has 104 valence electrons. The van der Waals surface area contributed by atoms with Crippen LogP contribution < -0.4 is 0 Å². The normalized spacial score (nSPS) is 10.5. The third kappa shape index (κ3) is 2.54. The maximum Gasteiger partial charge on any atom is 0.337 e. The van der Waals surface area contributed by atoms with E-state index in [0.717, 1.165) is 11.4 Å². The summed E-state index contributed by atoms with van der Waals surface area (Å²) in [5.74, 6) is -1.06. The van der Waals surface area contributed by atoms with Gasteiger partial charge in [-0.1, -0.05) is 6.07 Å². The van der Waals surface area contributed by atoms with Gasteiger partial charge in [0, 0.05) is 21.9 Å². The molecule has 0 fully saturated rings. The lowest BCUT2D eigenvalue weighted by Gasteiger charge is -2.13. The highest BCUT2D eigenvalue weighted by Gasteiger charge is 2.16. The Morgan fingerprint density at radius 3 is 2.35 bits per heavy atom. The average Bonchev–Trinajstić information content (AvgIpc) is 2.67. The molecule has 0 aliphatic carbocycles. The fourth-order valence-electron chi connectivity index (χ4n) is 2.24. The Hall–Kier alpha value is -2.63. The van der Waals surface area contributed by atoms with Crippen molar-refractivity contribution in [2.24, 2.45) is 0 Å². The number of carboxylic acid groups (broad SMARTS) is 1. The van der Waals surface area contributed by atoms with Crippen LogP contribution in [0.1, 0.15) is 27.3 Å².